The number of aryl methyl sites for hydroxylation is 1. The highest BCUT2D eigenvalue weighted by Crippen LogP contribution is 2.14. The lowest BCUT2D eigenvalue weighted by molar-refractivity contribution is 0.581. The first-order chi connectivity index (χ1) is 9.01. The number of nitrogens with zero attached hydrogens (tertiary/aromatic N) is 1. The second kappa shape index (κ2) is 5.79. The minimum Gasteiger partial charge on any atom is -0.326 e. The fraction of sp³-hybridized carbons (Fsp3) is 0.250. The van der Waals surface area contributed by atoms with E-state index in [0.717, 1.165) is 15.4 Å². The fourth-order valence-corrected chi connectivity index (χ4v) is 3.44. The topological polar surface area (TPSA) is 85.1 Å². The predicted octanol–water partition coefficient (Wildman–Crippen LogP) is 1.39. The molecular weight excluding hydrogens is 282 g/mol. The lowest BCUT2D eigenvalue weighted by Gasteiger charge is -2.06. The van der Waals surface area contributed by atoms with Crippen LogP contribution in [0, 0.1) is 6.92 Å². The summed E-state index contributed by atoms with van der Waals surface area (Å²) in [5, 5.41) is 0.746. The fourth-order valence-electron chi connectivity index (χ4n) is 1.56. The van der Waals surface area contributed by atoms with Gasteiger partial charge >= 0.3 is 0 Å². The maximum absolute atomic E-state index is 12.1. The van der Waals surface area contributed by atoms with Crippen LogP contribution < -0.4 is 10.5 Å². The minimum absolute atomic E-state index is 0.202. The Morgan fingerprint density at radius 1 is 1.42 bits per heavy atom. The number of aromatic nitrogens is 1. The monoisotopic (exact) mass is 297 g/mol. The summed E-state index contributed by atoms with van der Waals surface area (Å²) in [7, 11) is -3.52. The highest BCUT2D eigenvalue weighted by atomic mass is 32.2. The lowest BCUT2D eigenvalue weighted by atomic mass is 10.2. The van der Waals surface area contributed by atoms with Crippen LogP contribution in [0.4, 0.5) is 0 Å². The molecule has 5 nitrogen and oxygen atoms in total. The van der Waals surface area contributed by atoms with Crippen molar-refractivity contribution < 1.29 is 8.42 Å². The molecule has 1 aromatic carbocycles. The van der Waals surface area contributed by atoms with E-state index in [2.05, 4.69) is 9.71 Å². The maximum atomic E-state index is 12.1. The van der Waals surface area contributed by atoms with Gasteiger partial charge in [-0.05, 0) is 24.6 Å². The van der Waals surface area contributed by atoms with Crippen LogP contribution in [0.25, 0.3) is 0 Å². The van der Waals surface area contributed by atoms with Gasteiger partial charge in [-0.15, -0.1) is 11.3 Å². The summed E-state index contributed by atoms with van der Waals surface area (Å²) in [4.78, 5) is 5.40. The molecule has 1 heterocycles. The van der Waals surface area contributed by atoms with Crippen molar-refractivity contribution in [1.29, 1.82) is 0 Å². The maximum Gasteiger partial charge on any atom is 0.240 e. The van der Waals surface area contributed by atoms with Crippen molar-refractivity contribution >= 4 is 21.4 Å². The zero-order valence-electron chi connectivity index (χ0n) is 10.5. The van der Waals surface area contributed by atoms with Gasteiger partial charge in [-0.1, -0.05) is 12.1 Å². The van der Waals surface area contributed by atoms with Crippen LogP contribution in [0.5, 0.6) is 0 Å². The summed E-state index contributed by atoms with van der Waals surface area (Å²) in [6, 6.07) is 6.61. The van der Waals surface area contributed by atoms with Gasteiger partial charge in [0.1, 0.15) is 5.01 Å². The van der Waals surface area contributed by atoms with Crippen LogP contribution in [0.3, 0.4) is 0 Å². The number of rotatable bonds is 5. The Morgan fingerprint density at radius 2 is 2.21 bits per heavy atom. The molecule has 0 aliphatic rings. The third-order valence-corrected chi connectivity index (χ3v) is 4.84. The molecule has 0 bridgehead atoms. The van der Waals surface area contributed by atoms with E-state index in [1.165, 1.54) is 11.3 Å². The number of benzene rings is 1. The van der Waals surface area contributed by atoms with Gasteiger partial charge in [-0.3, -0.25) is 0 Å². The van der Waals surface area contributed by atoms with Gasteiger partial charge < -0.3 is 5.73 Å². The summed E-state index contributed by atoms with van der Waals surface area (Å²) in [5.74, 6) is 0. The molecule has 0 saturated heterocycles. The van der Waals surface area contributed by atoms with Gasteiger partial charge in [0.15, 0.2) is 0 Å². The Labute approximate surface area is 116 Å². The largest absolute Gasteiger partial charge is 0.326 e. The van der Waals surface area contributed by atoms with Gasteiger partial charge in [0.2, 0.25) is 10.0 Å². The minimum atomic E-state index is -3.52. The highest BCUT2D eigenvalue weighted by molar-refractivity contribution is 7.89. The molecule has 0 unspecified atom stereocenters. The number of thiazole rings is 1. The molecule has 0 radical (unpaired) electrons. The van der Waals surface area contributed by atoms with Crippen LogP contribution in [-0.4, -0.2) is 13.4 Å². The van der Waals surface area contributed by atoms with Crippen molar-refractivity contribution in [1.82, 2.24) is 9.71 Å². The predicted molar refractivity (Wildman–Crippen MR) is 75.2 cm³/mol. The van der Waals surface area contributed by atoms with E-state index < -0.39 is 10.0 Å². The molecule has 0 aliphatic carbocycles. The van der Waals surface area contributed by atoms with E-state index in [1.807, 2.05) is 6.92 Å². The van der Waals surface area contributed by atoms with Crippen LogP contribution in [0.2, 0.25) is 0 Å². The van der Waals surface area contributed by atoms with Crippen molar-refractivity contribution in [3.05, 3.63) is 45.9 Å². The van der Waals surface area contributed by atoms with E-state index in [0.29, 0.717) is 6.54 Å². The molecule has 3 N–H and O–H groups in total. The van der Waals surface area contributed by atoms with E-state index in [-0.39, 0.29) is 11.4 Å². The molecule has 0 amide bonds. The van der Waals surface area contributed by atoms with Crippen LogP contribution in [0.15, 0.2) is 35.4 Å². The molecular formula is C12H15N3O2S2. The number of hydrogen-bond donors (Lipinski definition) is 2. The molecule has 0 fully saturated rings. The molecule has 2 rings (SSSR count). The normalized spacial score (nSPS) is 11.7. The quantitative estimate of drug-likeness (QED) is 0.873. The second-order valence-corrected chi connectivity index (χ2v) is 7.13. The van der Waals surface area contributed by atoms with Crippen molar-refractivity contribution in [2.75, 3.05) is 0 Å². The molecule has 7 heteroatoms. The average molecular weight is 297 g/mol. The van der Waals surface area contributed by atoms with Crippen molar-refractivity contribution in [3.63, 3.8) is 0 Å². The van der Waals surface area contributed by atoms with Crippen molar-refractivity contribution in [2.24, 2.45) is 5.73 Å². The highest BCUT2D eigenvalue weighted by Gasteiger charge is 2.14. The Hall–Kier alpha value is -1.28. The molecule has 19 heavy (non-hydrogen) atoms. The van der Waals surface area contributed by atoms with E-state index >= 15 is 0 Å². The molecule has 1 aromatic heterocycles. The first kappa shape index (κ1) is 14.1. The molecule has 0 saturated carbocycles. The first-order valence-corrected chi connectivity index (χ1v) is 8.01. The van der Waals surface area contributed by atoms with Crippen LogP contribution in [0.1, 0.15) is 15.4 Å². The number of hydrogen-bond acceptors (Lipinski definition) is 5. The number of nitrogens with two attached hydrogens (primary N) is 1. The number of sulfonamides is 1. The summed E-state index contributed by atoms with van der Waals surface area (Å²) in [6.45, 7) is 2.45. The third kappa shape index (κ3) is 3.60. The van der Waals surface area contributed by atoms with Gasteiger partial charge in [0, 0.05) is 17.6 Å². The smallest absolute Gasteiger partial charge is 0.240 e. The zero-order valence-corrected chi connectivity index (χ0v) is 12.1. The summed E-state index contributed by atoms with van der Waals surface area (Å²) < 4.78 is 26.7. The molecule has 0 aliphatic heterocycles. The second-order valence-electron chi connectivity index (χ2n) is 4.04. The van der Waals surface area contributed by atoms with E-state index in [9.17, 15) is 8.42 Å². The Balaban J connectivity index is 2.13. The summed E-state index contributed by atoms with van der Waals surface area (Å²) in [6.07, 6.45) is 1.73. The SMILES string of the molecule is Cc1cnc(CNS(=O)(=O)c2cccc(CN)c2)s1. The van der Waals surface area contributed by atoms with Crippen molar-refractivity contribution in [3.8, 4) is 0 Å². The van der Waals surface area contributed by atoms with Crippen LogP contribution >= 0.6 is 11.3 Å². The van der Waals surface area contributed by atoms with Crippen LogP contribution in [-0.2, 0) is 23.1 Å². The van der Waals surface area contributed by atoms with Gasteiger partial charge in [0.25, 0.3) is 0 Å². The molecule has 102 valence electrons. The Kier molecular flexibility index (Phi) is 4.31. The lowest BCUT2D eigenvalue weighted by Crippen LogP contribution is -2.23. The number of nitrogens with one attached hydrogen (secondary N) is 1. The van der Waals surface area contributed by atoms with Gasteiger partial charge in [0.05, 0.1) is 11.4 Å². The van der Waals surface area contributed by atoms with Crippen molar-refractivity contribution in [2.45, 2.75) is 24.9 Å². The molecule has 0 spiro atoms. The first-order valence-electron chi connectivity index (χ1n) is 5.71. The third-order valence-electron chi connectivity index (χ3n) is 2.53. The summed E-state index contributed by atoms with van der Waals surface area (Å²) in [5.41, 5.74) is 6.29. The van der Waals surface area contributed by atoms with E-state index in [4.69, 9.17) is 5.73 Å². The zero-order chi connectivity index (χ0) is 13.9. The Morgan fingerprint density at radius 3 is 2.84 bits per heavy atom. The van der Waals surface area contributed by atoms with E-state index in [1.54, 1.807) is 30.5 Å². The van der Waals surface area contributed by atoms with Gasteiger partial charge in [-0.25, -0.2) is 18.1 Å². The summed E-state index contributed by atoms with van der Waals surface area (Å²) >= 11 is 1.47. The standard InChI is InChI=1S/C12H15N3O2S2/c1-9-7-14-12(18-9)8-15-19(16,17)11-4-2-3-10(5-11)6-13/h2-5,7,15H,6,8,13H2,1H3. The Bertz CT molecular complexity index is 665. The molecule has 2 aromatic rings. The molecule has 0 atom stereocenters. The average Bonchev–Trinajstić information content (AvgIpc) is 2.82. The van der Waals surface area contributed by atoms with Gasteiger partial charge in [-0.2, -0.15) is 0 Å².